The minimum Gasteiger partial charge on any atom is -0.463 e. The molecule has 0 saturated heterocycles. The Bertz CT molecular complexity index is 765. The lowest BCUT2D eigenvalue weighted by atomic mass is 9.48. The Morgan fingerprint density at radius 1 is 1.07 bits per heavy atom. The molecule has 0 N–H and O–H groups in total. The molecule has 0 bridgehead atoms. The van der Waals surface area contributed by atoms with Crippen molar-refractivity contribution in [1.29, 1.82) is 0 Å². The van der Waals surface area contributed by atoms with Crippen LogP contribution in [0, 0.1) is 28.6 Å². The molecule has 0 spiro atoms. The van der Waals surface area contributed by atoms with E-state index >= 15 is 0 Å². The van der Waals surface area contributed by atoms with Gasteiger partial charge in [-0.1, -0.05) is 37.1 Å². The molecule has 29 heavy (non-hydrogen) atoms. The molecule has 4 aliphatic carbocycles. The second kappa shape index (κ2) is 7.28. The Balaban J connectivity index is 1.71. The highest BCUT2D eigenvalue weighted by molar-refractivity contribution is 5.66. The molecule has 160 valence electrons. The molecule has 3 saturated carbocycles. The zero-order valence-corrected chi connectivity index (χ0v) is 18.6. The normalized spacial score (nSPS) is 44.9. The molecule has 0 heterocycles. The fourth-order valence-corrected chi connectivity index (χ4v) is 7.43. The first kappa shape index (κ1) is 20.7. The van der Waals surface area contributed by atoms with Crippen molar-refractivity contribution in [2.75, 3.05) is 0 Å². The van der Waals surface area contributed by atoms with E-state index in [0.717, 1.165) is 38.5 Å². The molecule has 7 unspecified atom stereocenters. The molecule has 0 aromatic heterocycles. The zero-order valence-electron chi connectivity index (χ0n) is 18.6. The summed E-state index contributed by atoms with van der Waals surface area (Å²) in [5, 5.41) is 0. The van der Waals surface area contributed by atoms with E-state index in [1.807, 2.05) is 0 Å². The summed E-state index contributed by atoms with van der Waals surface area (Å²) in [7, 11) is 0. The number of carbonyl (C=O) groups excluding carboxylic acids is 2. The van der Waals surface area contributed by atoms with Crippen molar-refractivity contribution in [3.05, 3.63) is 23.3 Å². The number of hydrogen-bond acceptors (Lipinski definition) is 4. The van der Waals surface area contributed by atoms with E-state index in [1.165, 1.54) is 25.8 Å². The predicted molar refractivity (Wildman–Crippen MR) is 112 cm³/mol. The average molecular weight is 401 g/mol. The van der Waals surface area contributed by atoms with Crippen LogP contribution >= 0.6 is 0 Å². The fourth-order valence-electron chi connectivity index (χ4n) is 7.43. The number of rotatable bonds is 2. The van der Waals surface area contributed by atoms with E-state index < -0.39 is 0 Å². The predicted octanol–water partition coefficient (Wildman–Crippen LogP) is 5.37. The molecule has 0 amide bonds. The van der Waals surface area contributed by atoms with Gasteiger partial charge in [0, 0.05) is 19.8 Å². The Morgan fingerprint density at radius 2 is 1.79 bits per heavy atom. The number of hydrogen-bond donors (Lipinski definition) is 0. The third-order valence-electron chi connectivity index (χ3n) is 8.82. The van der Waals surface area contributed by atoms with Gasteiger partial charge in [0.25, 0.3) is 0 Å². The minimum absolute atomic E-state index is 0.00401. The highest BCUT2D eigenvalue weighted by atomic mass is 16.5. The maximum Gasteiger partial charge on any atom is 0.302 e. The Kier molecular flexibility index (Phi) is 5.19. The summed E-state index contributed by atoms with van der Waals surface area (Å²) in [4.78, 5) is 23.5. The van der Waals surface area contributed by atoms with Gasteiger partial charge in [0.05, 0.1) is 0 Å². The molecule has 4 nitrogen and oxygen atoms in total. The van der Waals surface area contributed by atoms with Gasteiger partial charge in [-0.05, 0) is 74.5 Å². The van der Waals surface area contributed by atoms with Crippen molar-refractivity contribution in [3.8, 4) is 0 Å². The molecule has 4 heteroatoms. The molecule has 0 radical (unpaired) electrons. The second-order valence-corrected chi connectivity index (χ2v) is 10.3. The Morgan fingerprint density at radius 3 is 2.45 bits per heavy atom. The summed E-state index contributed by atoms with van der Waals surface area (Å²) in [6, 6.07) is 0. The van der Waals surface area contributed by atoms with Gasteiger partial charge >= 0.3 is 11.9 Å². The maximum atomic E-state index is 12.0. The van der Waals surface area contributed by atoms with E-state index in [1.54, 1.807) is 5.57 Å². The third-order valence-corrected chi connectivity index (χ3v) is 8.82. The molecule has 4 rings (SSSR count). The lowest BCUT2D eigenvalue weighted by Crippen LogP contribution is -2.54. The standard InChI is InChI=1S/C25H36O4/c1-6-17-7-8-20-23-21(10-12-24(17,20)4)25(5)11-9-19(28-15(2)26)13-18(25)14-22(23)29-16(3)27/h6,10,18-20,22-23H,7-9,11-14H2,1-5H3. The van der Waals surface area contributed by atoms with Gasteiger partial charge in [-0.2, -0.15) is 0 Å². The second-order valence-electron chi connectivity index (χ2n) is 10.3. The number of fused-ring (bicyclic) bond motifs is 5. The molecule has 4 aliphatic rings. The van der Waals surface area contributed by atoms with Gasteiger partial charge in [-0.3, -0.25) is 9.59 Å². The SMILES string of the molecule is CC=C1CCC2C3C(=CCC12C)C1(C)CCC(OC(C)=O)CC1CC3OC(C)=O. The fraction of sp³-hybridized carbons (Fsp3) is 0.760. The van der Waals surface area contributed by atoms with Crippen molar-refractivity contribution < 1.29 is 19.1 Å². The summed E-state index contributed by atoms with van der Waals surface area (Å²) in [5.41, 5.74) is 3.42. The minimum atomic E-state index is -0.193. The van der Waals surface area contributed by atoms with Crippen molar-refractivity contribution >= 4 is 11.9 Å². The molecule has 0 aromatic rings. The summed E-state index contributed by atoms with van der Waals surface area (Å²) in [6.07, 6.45) is 11.9. The van der Waals surface area contributed by atoms with E-state index in [0.29, 0.717) is 17.8 Å². The van der Waals surface area contributed by atoms with Gasteiger partial charge in [0.1, 0.15) is 12.2 Å². The number of ether oxygens (including phenoxy) is 2. The zero-order chi connectivity index (χ0) is 21.0. The smallest absolute Gasteiger partial charge is 0.302 e. The molecule has 0 aliphatic heterocycles. The topological polar surface area (TPSA) is 52.6 Å². The van der Waals surface area contributed by atoms with Crippen molar-refractivity contribution in [3.63, 3.8) is 0 Å². The molecule has 0 aromatic carbocycles. The monoisotopic (exact) mass is 400 g/mol. The summed E-state index contributed by atoms with van der Waals surface area (Å²) in [6.45, 7) is 10.0. The van der Waals surface area contributed by atoms with Crippen LogP contribution in [0.4, 0.5) is 0 Å². The van der Waals surface area contributed by atoms with Crippen molar-refractivity contribution in [1.82, 2.24) is 0 Å². The van der Waals surface area contributed by atoms with Crippen LogP contribution in [-0.4, -0.2) is 24.1 Å². The van der Waals surface area contributed by atoms with Gasteiger partial charge in [-0.25, -0.2) is 0 Å². The van der Waals surface area contributed by atoms with Gasteiger partial charge in [-0.15, -0.1) is 0 Å². The highest BCUT2D eigenvalue weighted by Gasteiger charge is 2.59. The average Bonchev–Trinajstić information content (AvgIpc) is 2.98. The first-order chi connectivity index (χ1) is 13.7. The number of allylic oxidation sites excluding steroid dienone is 3. The maximum absolute atomic E-state index is 12.0. The van der Waals surface area contributed by atoms with Crippen LogP contribution in [0.2, 0.25) is 0 Å². The van der Waals surface area contributed by atoms with Crippen LogP contribution in [0.3, 0.4) is 0 Å². The van der Waals surface area contributed by atoms with E-state index in [4.69, 9.17) is 9.47 Å². The summed E-state index contributed by atoms with van der Waals surface area (Å²) in [5.74, 6) is 0.881. The lowest BCUT2D eigenvalue weighted by molar-refractivity contribution is -0.160. The first-order valence-electron chi connectivity index (χ1n) is 11.4. The van der Waals surface area contributed by atoms with Gasteiger partial charge in [0.2, 0.25) is 0 Å². The molecule has 3 fully saturated rings. The number of esters is 2. The Hall–Kier alpha value is -1.58. The molecular weight excluding hydrogens is 364 g/mol. The first-order valence-corrected chi connectivity index (χ1v) is 11.4. The third kappa shape index (κ3) is 3.27. The quantitative estimate of drug-likeness (QED) is 0.462. The molecular formula is C25H36O4. The summed E-state index contributed by atoms with van der Waals surface area (Å²) < 4.78 is 11.6. The van der Waals surface area contributed by atoms with Crippen LogP contribution in [0.25, 0.3) is 0 Å². The number of carbonyl (C=O) groups is 2. The molecule has 7 atom stereocenters. The van der Waals surface area contributed by atoms with Gasteiger partial charge in [0.15, 0.2) is 0 Å². The van der Waals surface area contributed by atoms with Crippen molar-refractivity contribution in [2.45, 2.75) is 91.8 Å². The highest BCUT2D eigenvalue weighted by Crippen LogP contribution is 2.65. The van der Waals surface area contributed by atoms with Crippen LogP contribution in [0.15, 0.2) is 23.3 Å². The Labute approximate surface area is 175 Å². The van der Waals surface area contributed by atoms with Gasteiger partial charge < -0.3 is 9.47 Å². The lowest BCUT2D eigenvalue weighted by Gasteiger charge is -2.58. The van der Waals surface area contributed by atoms with Crippen LogP contribution in [-0.2, 0) is 19.1 Å². The largest absolute Gasteiger partial charge is 0.463 e. The van der Waals surface area contributed by atoms with Crippen LogP contribution < -0.4 is 0 Å². The van der Waals surface area contributed by atoms with Crippen molar-refractivity contribution in [2.24, 2.45) is 28.6 Å². The van der Waals surface area contributed by atoms with E-state index in [-0.39, 0.29) is 35.0 Å². The van der Waals surface area contributed by atoms with E-state index in [9.17, 15) is 9.59 Å². The van der Waals surface area contributed by atoms with Crippen LogP contribution in [0.5, 0.6) is 0 Å². The van der Waals surface area contributed by atoms with Crippen LogP contribution in [0.1, 0.15) is 79.6 Å². The summed E-state index contributed by atoms with van der Waals surface area (Å²) >= 11 is 0. The van der Waals surface area contributed by atoms with E-state index in [2.05, 4.69) is 32.9 Å².